The van der Waals surface area contributed by atoms with Crippen LogP contribution in [0.25, 0.3) is 16.7 Å². The number of halogens is 3. The Bertz CT molecular complexity index is 1050. The van der Waals surface area contributed by atoms with Crippen LogP contribution in [0, 0.1) is 11.8 Å². The number of rotatable bonds is 5. The number of hydrogen-bond acceptors (Lipinski definition) is 4. The summed E-state index contributed by atoms with van der Waals surface area (Å²) in [6.07, 6.45) is -0.925. The number of methoxy groups -OCH3 is 1. The average molecular weight is 460 g/mol. The Morgan fingerprint density at radius 2 is 1.76 bits per heavy atom. The van der Waals surface area contributed by atoms with Crippen molar-refractivity contribution in [3.8, 4) is 16.9 Å². The van der Waals surface area contributed by atoms with E-state index < -0.39 is 11.7 Å². The van der Waals surface area contributed by atoms with E-state index >= 15 is 0 Å². The van der Waals surface area contributed by atoms with Crippen molar-refractivity contribution >= 4 is 11.4 Å². The molecule has 33 heavy (non-hydrogen) atoms. The smallest absolute Gasteiger partial charge is 0.416 e. The van der Waals surface area contributed by atoms with Crippen molar-refractivity contribution in [3.63, 3.8) is 0 Å². The van der Waals surface area contributed by atoms with Crippen molar-refractivity contribution in [1.29, 1.82) is 0 Å². The van der Waals surface area contributed by atoms with Crippen molar-refractivity contribution in [1.82, 2.24) is 0 Å². The van der Waals surface area contributed by atoms with Gasteiger partial charge in [0.25, 0.3) is 0 Å². The molecule has 0 aromatic heterocycles. The molecule has 1 heterocycles. The van der Waals surface area contributed by atoms with Crippen molar-refractivity contribution in [2.24, 2.45) is 11.8 Å². The Hall–Kier alpha value is -2.80. The fourth-order valence-corrected chi connectivity index (χ4v) is 4.86. The molecule has 0 bridgehead atoms. The van der Waals surface area contributed by atoms with Gasteiger partial charge in [0, 0.05) is 31.6 Å². The molecule has 7 heteroatoms. The molecule has 0 spiro atoms. The third kappa shape index (κ3) is 5.24. The van der Waals surface area contributed by atoms with Crippen molar-refractivity contribution in [2.75, 3.05) is 20.3 Å². The molecule has 1 fully saturated rings. The van der Waals surface area contributed by atoms with E-state index in [2.05, 4.69) is 0 Å². The molecule has 2 aromatic rings. The van der Waals surface area contributed by atoms with Gasteiger partial charge in [-0.05, 0) is 66.5 Å². The van der Waals surface area contributed by atoms with Gasteiger partial charge in [-0.15, -0.1) is 0 Å². The molecular weight excluding hydrogens is 433 g/mol. The molecule has 0 radical (unpaired) electrons. The fourth-order valence-electron chi connectivity index (χ4n) is 4.86. The second-order valence-corrected chi connectivity index (χ2v) is 8.80. The Morgan fingerprint density at radius 1 is 1.03 bits per heavy atom. The van der Waals surface area contributed by atoms with Gasteiger partial charge in [-0.25, -0.2) is 0 Å². The van der Waals surface area contributed by atoms with Gasteiger partial charge in [0.15, 0.2) is 5.78 Å². The number of aliphatic hydroxyl groups excluding tert-OH is 1. The van der Waals surface area contributed by atoms with E-state index in [9.17, 15) is 23.1 Å². The lowest BCUT2D eigenvalue weighted by atomic mass is 9.78. The molecule has 4 nitrogen and oxygen atoms in total. The molecule has 176 valence electrons. The summed E-state index contributed by atoms with van der Waals surface area (Å²) in [7, 11) is 1.46. The van der Waals surface area contributed by atoms with Gasteiger partial charge in [0.05, 0.1) is 18.2 Å². The number of benzene rings is 2. The number of Topliss-reactive ketones (excluding diaryl/α,β-unsaturated/α-hetero) is 1. The predicted molar refractivity (Wildman–Crippen MR) is 119 cm³/mol. The maximum Gasteiger partial charge on any atom is 0.416 e. The van der Waals surface area contributed by atoms with Gasteiger partial charge in [0.2, 0.25) is 0 Å². The first-order chi connectivity index (χ1) is 15.8. The van der Waals surface area contributed by atoms with Crippen LogP contribution in [0.1, 0.15) is 43.2 Å². The first-order valence-electron chi connectivity index (χ1n) is 11.2. The number of ketones is 1. The van der Waals surface area contributed by atoms with E-state index in [1.807, 2.05) is 0 Å². The zero-order valence-corrected chi connectivity index (χ0v) is 18.5. The molecule has 1 atom stereocenters. The Kier molecular flexibility index (Phi) is 6.79. The Labute approximate surface area is 191 Å². The molecule has 4 rings (SSSR count). The topological polar surface area (TPSA) is 55.8 Å². The molecule has 0 amide bonds. The van der Waals surface area contributed by atoms with Crippen LogP contribution in [0.2, 0.25) is 0 Å². The number of carbonyl (C=O) groups excluding carboxylic acids is 1. The van der Waals surface area contributed by atoms with Crippen LogP contribution in [0.4, 0.5) is 13.2 Å². The van der Waals surface area contributed by atoms with E-state index in [-0.39, 0.29) is 23.0 Å². The highest BCUT2D eigenvalue weighted by molar-refractivity contribution is 6.23. The van der Waals surface area contributed by atoms with Crippen molar-refractivity contribution in [2.45, 2.75) is 38.3 Å². The van der Waals surface area contributed by atoms with E-state index in [1.54, 1.807) is 24.3 Å². The Morgan fingerprint density at radius 3 is 2.42 bits per heavy atom. The van der Waals surface area contributed by atoms with E-state index in [1.165, 1.54) is 13.2 Å². The first-order valence-corrected chi connectivity index (χ1v) is 11.2. The molecule has 2 aliphatic rings. The average Bonchev–Trinajstić information content (AvgIpc) is 2.79. The minimum absolute atomic E-state index is 0.0165. The normalized spacial score (nSPS) is 20.2. The number of ether oxygens (including phenoxy) is 2. The number of aliphatic hydroxyl groups is 1. The molecule has 1 saturated heterocycles. The first kappa shape index (κ1) is 23.4. The Balaban J connectivity index is 1.65. The molecule has 0 saturated carbocycles. The van der Waals surface area contributed by atoms with Crippen LogP contribution in [0.15, 0.2) is 48.2 Å². The van der Waals surface area contributed by atoms with Gasteiger partial charge in [-0.3, -0.25) is 4.79 Å². The maximum absolute atomic E-state index is 13.2. The summed E-state index contributed by atoms with van der Waals surface area (Å²) < 4.78 is 50.3. The summed E-state index contributed by atoms with van der Waals surface area (Å²) in [6, 6.07) is 9.92. The molecule has 1 unspecified atom stereocenters. The molecule has 1 aliphatic heterocycles. The van der Waals surface area contributed by atoms with Crippen LogP contribution in [-0.2, 0) is 15.7 Å². The highest BCUT2D eigenvalue weighted by Crippen LogP contribution is 2.41. The monoisotopic (exact) mass is 460 g/mol. The molecule has 1 aliphatic carbocycles. The molecular formula is C26H27F3O4. The predicted octanol–water partition coefficient (Wildman–Crippen LogP) is 6.45. The minimum Gasteiger partial charge on any atom is -0.512 e. The van der Waals surface area contributed by atoms with Gasteiger partial charge < -0.3 is 14.6 Å². The van der Waals surface area contributed by atoms with E-state index in [4.69, 9.17) is 9.47 Å². The van der Waals surface area contributed by atoms with E-state index in [0.717, 1.165) is 44.6 Å². The third-order valence-corrected chi connectivity index (χ3v) is 6.52. The lowest BCUT2D eigenvalue weighted by Crippen LogP contribution is -2.24. The summed E-state index contributed by atoms with van der Waals surface area (Å²) in [6.45, 7) is 1.47. The second-order valence-electron chi connectivity index (χ2n) is 8.80. The lowest BCUT2D eigenvalue weighted by molar-refractivity contribution is -0.137. The quantitative estimate of drug-likeness (QED) is 0.557. The van der Waals surface area contributed by atoms with Gasteiger partial charge in [-0.1, -0.05) is 18.2 Å². The molecule has 2 aromatic carbocycles. The third-order valence-electron chi connectivity index (χ3n) is 6.52. The maximum atomic E-state index is 13.2. The summed E-state index contributed by atoms with van der Waals surface area (Å²) in [5, 5.41) is 10.9. The highest BCUT2D eigenvalue weighted by Gasteiger charge is 2.33. The van der Waals surface area contributed by atoms with Crippen LogP contribution >= 0.6 is 0 Å². The number of allylic oxidation sites excluding steroid dienone is 2. The fraction of sp³-hybridized carbons (Fsp3) is 0.423. The summed E-state index contributed by atoms with van der Waals surface area (Å²) >= 11 is 0. The van der Waals surface area contributed by atoms with Gasteiger partial charge >= 0.3 is 6.18 Å². The summed E-state index contributed by atoms with van der Waals surface area (Å²) in [4.78, 5) is 13.1. The lowest BCUT2D eigenvalue weighted by Gasteiger charge is -2.29. The van der Waals surface area contributed by atoms with Crippen LogP contribution in [0.5, 0.6) is 5.75 Å². The second kappa shape index (κ2) is 9.59. The van der Waals surface area contributed by atoms with Crippen LogP contribution in [-0.4, -0.2) is 31.2 Å². The van der Waals surface area contributed by atoms with Crippen LogP contribution < -0.4 is 4.74 Å². The number of hydrogen-bond donors (Lipinski definition) is 1. The standard InChI is InChI=1S/C26H27F3O4/c1-32-24-6-5-19(18-3-2-4-20(14-18)26(27,28)29)15-21(24)25-22(30)12-17(13-23(25)31)11-16-7-9-33-10-8-16/h2-6,14-17,30H,7-13H2,1H3. The van der Waals surface area contributed by atoms with Crippen molar-refractivity contribution < 1.29 is 32.5 Å². The van der Waals surface area contributed by atoms with Gasteiger partial charge in [-0.2, -0.15) is 13.2 Å². The number of carbonyl (C=O) groups is 1. The molecule has 1 N–H and O–H groups in total. The highest BCUT2D eigenvalue weighted by atomic mass is 19.4. The van der Waals surface area contributed by atoms with Crippen molar-refractivity contribution in [3.05, 3.63) is 59.4 Å². The largest absolute Gasteiger partial charge is 0.512 e. The zero-order valence-electron chi connectivity index (χ0n) is 18.5. The summed E-state index contributed by atoms with van der Waals surface area (Å²) in [5.74, 6) is 0.799. The van der Waals surface area contributed by atoms with E-state index in [0.29, 0.717) is 41.2 Å². The SMILES string of the molecule is COc1ccc(-c2cccc(C(F)(F)F)c2)cc1C1=C(O)CC(CC2CCOCC2)CC1=O. The number of alkyl halides is 3. The van der Waals surface area contributed by atoms with Gasteiger partial charge in [0.1, 0.15) is 11.5 Å². The zero-order chi connectivity index (χ0) is 23.6. The minimum atomic E-state index is -4.45. The van der Waals surface area contributed by atoms with Crippen LogP contribution in [0.3, 0.4) is 0 Å². The summed E-state index contributed by atoms with van der Waals surface area (Å²) in [5.41, 5.74) is 0.733.